The molecule has 7 heteroatoms. The van der Waals surface area contributed by atoms with E-state index < -0.39 is 5.91 Å². The first kappa shape index (κ1) is 14.6. The molecule has 3 saturated carbocycles. The van der Waals surface area contributed by atoms with Crippen molar-refractivity contribution in [1.29, 1.82) is 0 Å². The molecule has 2 bridgehead atoms. The Labute approximate surface area is 145 Å². The summed E-state index contributed by atoms with van der Waals surface area (Å²) in [6.07, 6.45) is 8.55. The van der Waals surface area contributed by atoms with Crippen molar-refractivity contribution in [2.75, 3.05) is 13.1 Å². The predicted molar refractivity (Wildman–Crippen MR) is 88.6 cm³/mol. The fourth-order valence-corrected chi connectivity index (χ4v) is 4.30. The van der Waals surface area contributed by atoms with Gasteiger partial charge >= 0.3 is 11.8 Å². The van der Waals surface area contributed by atoms with Gasteiger partial charge in [0.05, 0.1) is 24.1 Å². The number of aromatic nitrogens is 3. The first-order valence-corrected chi connectivity index (χ1v) is 8.70. The van der Waals surface area contributed by atoms with E-state index in [0.29, 0.717) is 19.6 Å². The van der Waals surface area contributed by atoms with E-state index >= 15 is 0 Å². The van der Waals surface area contributed by atoms with Crippen LogP contribution in [-0.2, 0) is 16.1 Å². The zero-order valence-electron chi connectivity index (χ0n) is 13.8. The zero-order chi connectivity index (χ0) is 17.0. The molecule has 7 nitrogen and oxygen atoms in total. The van der Waals surface area contributed by atoms with Crippen LogP contribution in [0.15, 0.2) is 36.8 Å². The van der Waals surface area contributed by atoms with E-state index in [9.17, 15) is 9.59 Å². The van der Waals surface area contributed by atoms with E-state index in [1.165, 1.54) is 0 Å². The van der Waals surface area contributed by atoms with Crippen LogP contribution in [0.3, 0.4) is 0 Å². The average molecular weight is 337 g/mol. The van der Waals surface area contributed by atoms with Crippen LogP contribution in [0.2, 0.25) is 0 Å². The van der Waals surface area contributed by atoms with Crippen molar-refractivity contribution < 1.29 is 9.59 Å². The molecule has 4 fully saturated rings. The molecule has 0 aromatic carbocycles. The van der Waals surface area contributed by atoms with Crippen molar-refractivity contribution in [3.63, 3.8) is 0 Å². The summed E-state index contributed by atoms with van der Waals surface area (Å²) in [6.45, 7) is 1.59. The Balaban J connectivity index is 1.27. The van der Waals surface area contributed by atoms with Crippen LogP contribution in [0.25, 0.3) is 5.69 Å². The SMILES string of the molecule is O=C1C(=O)N(C23CC(C2)C3)CCN1Cc1ccc(-n2cccn2)cn1. The third kappa shape index (κ3) is 2.18. The van der Waals surface area contributed by atoms with Crippen LogP contribution in [0, 0.1) is 5.92 Å². The molecule has 0 spiro atoms. The number of piperazine rings is 1. The van der Waals surface area contributed by atoms with Gasteiger partial charge in [0.15, 0.2) is 0 Å². The minimum Gasteiger partial charge on any atom is -0.327 e. The molecule has 128 valence electrons. The second kappa shape index (κ2) is 5.15. The van der Waals surface area contributed by atoms with Gasteiger partial charge in [-0.25, -0.2) is 4.68 Å². The van der Waals surface area contributed by atoms with Crippen LogP contribution in [0.4, 0.5) is 0 Å². The molecular weight excluding hydrogens is 318 g/mol. The lowest BCUT2D eigenvalue weighted by atomic mass is 9.49. The van der Waals surface area contributed by atoms with Crippen LogP contribution in [0.1, 0.15) is 25.0 Å². The van der Waals surface area contributed by atoms with Crippen LogP contribution in [-0.4, -0.2) is 55.0 Å². The Morgan fingerprint density at radius 1 is 1.12 bits per heavy atom. The van der Waals surface area contributed by atoms with Crippen molar-refractivity contribution in [2.45, 2.75) is 31.3 Å². The summed E-state index contributed by atoms with van der Waals surface area (Å²) < 4.78 is 1.73. The molecule has 2 aromatic rings. The smallest absolute Gasteiger partial charge is 0.312 e. The number of amides is 2. The topological polar surface area (TPSA) is 71.3 Å². The van der Waals surface area contributed by atoms with Crippen LogP contribution < -0.4 is 0 Å². The Morgan fingerprint density at radius 2 is 1.96 bits per heavy atom. The van der Waals surface area contributed by atoms with E-state index in [-0.39, 0.29) is 11.4 Å². The fourth-order valence-electron chi connectivity index (χ4n) is 4.30. The Morgan fingerprint density at radius 3 is 2.56 bits per heavy atom. The van der Waals surface area contributed by atoms with Gasteiger partial charge in [0, 0.05) is 31.0 Å². The highest BCUT2D eigenvalue weighted by Gasteiger charge is 2.62. The second-order valence-electron chi connectivity index (χ2n) is 7.34. The molecule has 25 heavy (non-hydrogen) atoms. The van der Waals surface area contributed by atoms with Crippen LogP contribution >= 0.6 is 0 Å². The number of nitrogens with zero attached hydrogens (tertiary/aromatic N) is 5. The van der Waals surface area contributed by atoms with Gasteiger partial charge in [-0.3, -0.25) is 14.6 Å². The highest BCUT2D eigenvalue weighted by Crippen LogP contribution is 2.60. The molecule has 2 amide bonds. The lowest BCUT2D eigenvalue weighted by Crippen LogP contribution is -2.73. The van der Waals surface area contributed by atoms with Crippen molar-refractivity contribution in [2.24, 2.45) is 5.92 Å². The number of rotatable bonds is 4. The molecule has 1 saturated heterocycles. The van der Waals surface area contributed by atoms with E-state index in [2.05, 4.69) is 10.1 Å². The van der Waals surface area contributed by atoms with Gasteiger partial charge in [0.25, 0.3) is 0 Å². The third-order valence-corrected chi connectivity index (χ3v) is 5.82. The minimum absolute atomic E-state index is 0.0210. The Kier molecular flexibility index (Phi) is 3.01. The maximum Gasteiger partial charge on any atom is 0.312 e. The van der Waals surface area contributed by atoms with E-state index in [1.807, 2.05) is 29.3 Å². The van der Waals surface area contributed by atoms with Gasteiger partial charge in [-0.15, -0.1) is 0 Å². The van der Waals surface area contributed by atoms with E-state index in [4.69, 9.17) is 0 Å². The highest BCUT2D eigenvalue weighted by atomic mass is 16.2. The summed E-state index contributed by atoms with van der Waals surface area (Å²) in [7, 11) is 0. The second-order valence-corrected chi connectivity index (χ2v) is 7.34. The summed E-state index contributed by atoms with van der Waals surface area (Å²) in [5.41, 5.74) is 1.66. The van der Waals surface area contributed by atoms with Gasteiger partial charge in [-0.2, -0.15) is 5.10 Å². The molecule has 0 unspecified atom stereocenters. The predicted octanol–water partition coefficient (Wildman–Crippen LogP) is 0.991. The largest absolute Gasteiger partial charge is 0.327 e. The van der Waals surface area contributed by atoms with E-state index in [0.717, 1.165) is 36.6 Å². The van der Waals surface area contributed by atoms with Crippen molar-refractivity contribution in [3.05, 3.63) is 42.5 Å². The standard InChI is InChI=1S/C18H19N5O2/c24-16-17(25)22(18-8-13(9-18)10-18)7-6-21(16)12-14-2-3-15(11-19-14)23-5-1-4-20-23/h1-5,11,13H,6-10,12H2. The molecule has 6 rings (SSSR count). The first-order chi connectivity index (χ1) is 12.1. The van der Waals surface area contributed by atoms with Gasteiger partial charge in [-0.05, 0) is 43.4 Å². The summed E-state index contributed by atoms with van der Waals surface area (Å²) >= 11 is 0. The van der Waals surface area contributed by atoms with Gasteiger partial charge in [-0.1, -0.05) is 0 Å². The summed E-state index contributed by atoms with van der Waals surface area (Å²) in [6, 6.07) is 5.64. The first-order valence-electron chi connectivity index (χ1n) is 8.70. The van der Waals surface area contributed by atoms with Gasteiger partial charge in [0.1, 0.15) is 0 Å². The van der Waals surface area contributed by atoms with Gasteiger partial charge in [0.2, 0.25) is 0 Å². The maximum atomic E-state index is 12.5. The molecule has 0 atom stereocenters. The fraction of sp³-hybridized carbons (Fsp3) is 0.444. The van der Waals surface area contributed by atoms with Crippen molar-refractivity contribution in [3.8, 4) is 5.69 Å². The average Bonchev–Trinajstić information content (AvgIpc) is 3.07. The molecule has 4 aliphatic rings. The van der Waals surface area contributed by atoms with Crippen LogP contribution in [0.5, 0.6) is 0 Å². The van der Waals surface area contributed by atoms with Gasteiger partial charge < -0.3 is 9.80 Å². The normalized spacial score (nSPS) is 27.9. The number of carbonyl (C=O) groups excluding carboxylic acids is 2. The zero-order valence-corrected chi connectivity index (χ0v) is 13.8. The molecule has 3 aliphatic carbocycles. The maximum absolute atomic E-state index is 12.5. The Bertz CT molecular complexity index is 813. The quantitative estimate of drug-likeness (QED) is 0.780. The summed E-state index contributed by atoms with van der Waals surface area (Å²) in [5, 5.41) is 4.16. The summed E-state index contributed by atoms with van der Waals surface area (Å²) in [5.74, 6) is 0.0601. The lowest BCUT2D eigenvalue weighted by molar-refractivity contribution is -0.186. The monoisotopic (exact) mass is 337 g/mol. The molecule has 3 heterocycles. The molecule has 0 radical (unpaired) electrons. The Hall–Kier alpha value is -2.70. The third-order valence-electron chi connectivity index (χ3n) is 5.82. The highest BCUT2D eigenvalue weighted by molar-refractivity contribution is 6.35. The molecule has 0 N–H and O–H groups in total. The van der Waals surface area contributed by atoms with E-state index in [1.54, 1.807) is 22.0 Å². The van der Waals surface area contributed by atoms with Crippen molar-refractivity contribution >= 4 is 11.8 Å². The molecule has 1 aliphatic heterocycles. The molecule has 2 aromatic heterocycles. The lowest BCUT2D eigenvalue weighted by Gasteiger charge is -2.66. The number of carbonyl (C=O) groups is 2. The number of hydrogen-bond donors (Lipinski definition) is 0. The number of pyridine rings is 1. The number of hydrogen-bond acceptors (Lipinski definition) is 4. The summed E-state index contributed by atoms with van der Waals surface area (Å²) in [4.78, 5) is 32.8. The molecular formula is C18H19N5O2. The van der Waals surface area contributed by atoms with Crippen molar-refractivity contribution in [1.82, 2.24) is 24.6 Å². The minimum atomic E-state index is -0.395.